The normalized spacial score (nSPS) is 11.0. The molecule has 170 valence electrons. The molecule has 0 atom stereocenters. The number of nitrogens with one attached hydrogen (secondary N) is 2. The van der Waals surface area contributed by atoms with Crippen molar-refractivity contribution in [1.82, 2.24) is 19.7 Å². The second kappa shape index (κ2) is 9.40. The van der Waals surface area contributed by atoms with Gasteiger partial charge < -0.3 is 10.6 Å². The quantitative estimate of drug-likeness (QED) is 0.336. The number of amides is 1. The number of carbonyl (C=O) groups is 1. The number of halogens is 2. The zero-order chi connectivity index (χ0) is 23.5. The fourth-order valence-corrected chi connectivity index (χ4v) is 4.33. The van der Waals surface area contributed by atoms with Gasteiger partial charge in [0.2, 0.25) is 0 Å². The van der Waals surface area contributed by atoms with Crippen molar-refractivity contribution in [3.05, 3.63) is 108 Å². The minimum absolute atomic E-state index is 0.0470. The summed E-state index contributed by atoms with van der Waals surface area (Å²) in [7, 11) is 0. The first kappa shape index (κ1) is 21.7. The first-order chi connectivity index (χ1) is 16.6. The van der Waals surface area contributed by atoms with Crippen molar-refractivity contribution >= 4 is 27.9 Å². The maximum Gasteiger partial charge on any atom is 0.272 e. The molecule has 0 fully saturated rings. The van der Waals surface area contributed by atoms with E-state index in [0.29, 0.717) is 23.4 Å². The van der Waals surface area contributed by atoms with Crippen molar-refractivity contribution in [2.75, 3.05) is 5.32 Å². The van der Waals surface area contributed by atoms with Gasteiger partial charge in [0, 0.05) is 19.3 Å². The molecule has 0 radical (unpaired) electrons. The van der Waals surface area contributed by atoms with Gasteiger partial charge in [-0.25, -0.2) is 18.7 Å². The third kappa shape index (κ3) is 4.51. The Labute approximate surface area is 197 Å². The Morgan fingerprint density at radius 2 is 1.76 bits per heavy atom. The van der Waals surface area contributed by atoms with Gasteiger partial charge in [0.1, 0.15) is 0 Å². The number of carbonyl (C=O) groups excluding carboxylic acids is 1. The first-order valence-electron chi connectivity index (χ1n) is 10.5. The van der Waals surface area contributed by atoms with Crippen molar-refractivity contribution in [3.63, 3.8) is 0 Å². The second-order valence-electron chi connectivity index (χ2n) is 7.54. The molecule has 2 aromatic carbocycles. The first-order valence-corrected chi connectivity index (χ1v) is 11.3. The lowest BCUT2D eigenvalue weighted by Gasteiger charge is -2.04. The molecule has 0 aliphatic heterocycles. The van der Waals surface area contributed by atoms with Crippen molar-refractivity contribution in [3.8, 4) is 10.7 Å². The molecule has 3 heterocycles. The summed E-state index contributed by atoms with van der Waals surface area (Å²) in [5.74, 6) is -1.70. The summed E-state index contributed by atoms with van der Waals surface area (Å²) >= 11 is 1.44. The van der Waals surface area contributed by atoms with Gasteiger partial charge in [0.05, 0.1) is 16.6 Å². The minimum Gasteiger partial charge on any atom is -0.357 e. The van der Waals surface area contributed by atoms with Crippen molar-refractivity contribution in [2.24, 2.45) is 0 Å². The molecule has 5 aromatic rings. The number of hydrogen-bond donors (Lipinski definition) is 2. The van der Waals surface area contributed by atoms with E-state index in [4.69, 9.17) is 0 Å². The third-order valence-corrected chi connectivity index (χ3v) is 6.16. The Hall–Kier alpha value is -4.11. The second-order valence-corrected chi connectivity index (χ2v) is 8.57. The van der Waals surface area contributed by atoms with Crippen LogP contribution in [-0.2, 0) is 13.1 Å². The Kier molecular flexibility index (Phi) is 6.01. The maximum atomic E-state index is 13.5. The molecule has 0 bridgehead atoms. The number of aromatic nitrogens is 3. The van der Waals surface area contributed by atoms with Crippen LogP contribution >= 0.6 is 11.3 Å². The topological polar surface area (TPSA) is 71.3 Å². The molecular formula is C25H19F2N5OS. The molecule has 3 aromatic heterocycles. The number of nitrogens with zero attached hydrogens (tertiary/aromatic N) is 3. The lowest BCUT2D eigenvalue weighted by Crippen LogP contribution is -2.23. The standard InChI is InChI=1S/C25H19F2N5OS/c26-18-10-9-17(12-19(18)27)14-28-24(33)22-20-8-4-5-11-32(20)23(31-22)21-15-30-25(34-21)29-13-16-6-2-1-3-7-16/h1-12,15H,13-14H2,(H,28,33)(H,29,30). The summed E-state index contributed by atoms with van der Waals surface area (Å²) < 4.78 is 28.5. The van der Waals surface area contributed by atoms with E-state index in [0.717, 1.165) is 27.7 Å². The highest BCUT2D eigenvalue weighted by atomic mass is 32.1. The molecule has 0 aliphatic carbocycles. The molecule has 0 spiro atoms. The average molecular weight is 476 g/mol. The fraction of sp³-hybridized carbons (Fsp3) is 0.0800. The number of imidazole rings is 1. The summed E-state index contributed by atoms with van der Waals surface area (Å²) in [6.07, 6.45) is 3.56. The number of rotatable bonds is 7. The van der Waals surface area contributed by atoms with Crippen LogP contribution in [0.4, 0.5) is 13.9 Å². The monoisotopic (exact) mass is 475 g/mol. The van der Waals surface area contributed by atoms with Crippen LogP contribution in [0.2, 0.25) is 0 Å². The van der Waals surface area contributed by atoms with Crippen molar-refractivity contribution in [1.29, 1.82) is 0 Å². The molecular weight excluding hydrogens is 456 g/mol. The number of benzene rings is 2. The van der Waals surface area contributed by atoms with Crippen LogP contribution in [0, 0.1) is 11.6 Å². The molecule has 2 N–H and O–H groups in total. The van der Waals surface area contributed by atoms with Crippen LogP contribution in [0.1, 0.15) is 21.6 Å². The van der Waals surface area contributed by atoms with E-state index in [-0.39, 0.29) is 12.2 Å². The van der Waals surface area contributed by atoms with E-state index in [1.165, 1.54) is 17.4 Å². The fourth-order valence-electron chi connectivity index (χ4n) is 3.53. The summed E-state index contributed by atoms with van der Waals surface area (Å²) in [6.45, 7) is 0.694. The van der Waals surface area contributed by atoms with Crippen molar-refractivity contribution in [2.45, 2.75) is 13.1 Å². The number of fused-ring (bicyclic) bond motifs is 1. The van der Waals surface area contributed by atoms with Gasteiger partial charge in [-0.2, -0.15) is 0 Å². The lowest BCUT2D eigenvalue weighted by molar-refractivity contribution is 0.0948. The number of pyridine rings is 1. The predicted octanol–water partition coefficient (Wildman–Crippen LogP) is 5.28. The van der Waals surface area contributed by atoms with Crippen LogP contribution in [0.5, 0.6) is 0 Å². The number of hydrogen-bond acceptors (Lipinski definition) is 5. The zero-order valence-electron chi connectivity index (χ0n) is 17.8. The van der Waals surface area contributed by atoms with Crippen molar-refractivity contribution < 1.29 is 13.6 Å². The molecule has 0 saturated carbocycles. The van der Waals surface area contributed by atoms with E-state index in [1.807, 2.05) is 53.1 Å². The van der Waals surface area contributed by atoms with E-state index in [9.17, 15) is 13.6 Å². The maximum absolute atomic E-state index is 13.5. The SMILES string of the molecule is O=C(NCc1ccc(F)c(F)c1)c1nc(-c2cnc(NCc3ccccc3)s2)n2ccccc12. The molecule has 6 nitrogen and oxygen atoms in total. The smallest absolute Gasteiger partial charge is 0.272 e. The molecule has 0 aliphatic rings. The van der Waals surface area contributed by atoms with Gasteiger partial charge in [0.25, 0.3) is 5.91 Å². The summed E-state index contributed by atoms with van der Waals surface area (Å²) in [4.78, 5) is 22.8. The predicted molar refractivity (Wildman–Crippen MR) is 128 cm³/mol. The highest BCUT2D eigenvalue weighted by Gasteiger charge is 2.20. The van der Waals surface area contributed by atoms with Crippen LogP contribution in [0.25, 0.3) is 16.2 Å². The third-order valence-electron chi connectivity index (χ3n) is 5.21. The summed E-state index contributed by atoms with van der Waals surface area (Å²) in [5, 5.41) is 6.79. The largest absolute Gasteiger partial charge is 0.357 e. The highest BCUT2D eigenvalue weighted by molar-refractivity contribution is 7.18. The van der Waals surface area contributed by atoms with Crippen LogP contribution in [-0.4, -0.2) is 20.3 Å². The van der Waals surface area contributed by atoms with Crippen LogP contribution in [0.3, 0.4) is 0 Å². The Balaban J connectivity index is 1.36. The molecule has 0 unspecified atom stereocenters. The number of thiazole rings is 1. The summed E-state index contributed by atoms with van der Waals surface area (Å²) in [5.41, 5.74) is 2.47. The number of anilines is 1. The minimum atomic E-state index is -0.955. The summed E-state index contributed by atoms with van der Waals surface area (Å²) in [6, 6.07) is 19.0. The van der Waals surface area contributed by atoms with Gasteiger partial charge in [-0.15, -0.1) is 0 Å². The van der Waals surface area contributed by atoms with Gasteiger partial charge in [-0.1, -0.05) is 53.8 Å². The highest BCUT2D eigenvalue weighted by Crippen LogP contribution is 2.30. The van der Waals surface area contributed by atoms with Gasteiger partial charge in [-0.05, 0) is 35.4 Å². The van der Waals surface area contributed by atoms with E-state index in [2.05, 4.69) is 20.6 Å². The van der Waals surface area contributed by atoms with E-state index >= 15 is 0 Å². The molecule has 34 heavy (non-hydrogen) atoms. The van der Waals surface area contributed by atoms with Gasteiger partial charge >= 0.3 is 0 Å². The Morgan fingerprint density at radius 3 is 2.59 bits per heavy atom. The molecule has 0 saturated heterocycles. The van der Waals surface area contributed by atoms with Crippen LogP contribution in [0.15, 0.2) is 79.1 Å². The molecule has 9 heteroatoms. The molecule has 5 rings (SSSR count). The van der Waals surface area contributed by atoms with Gasteiger partial charge in [-0.3, -0.25) is 9.20 Å². The lowest BCUT2D eigenvalue weighted by atomic mass is 10.2. The van der Waals surface area contributed by atoms with E-state index < -0.39 is 17.5 Å². The zero-order valence-corrected chi connectivity index (χ0v) is 18.7. The average Bonchev–Trinajstić information content (AvgIpc) is 3.49. The van der Waals surface area contributed by atoms with Gasteiger partial charge in [0.15, 0.2) is 28.3 Å². The van der Waals surface area contributed by atoms with E-state index in [1.54, 1.807) is 12.3 Å². The molecule has 1 amide bonds. The van der Waals surface area contributed by atoms with Crippen LogP contribution < -0.4 is 10.6 Å². The Bertz CT molecular complexity index is 1460. The Morgan fingerprint density at radius 1 is 0.941 bits per heavy atom.